The number of aryl methyl sites for hydroxylation is 1. The minimum absolute atomic E-state index is 0.00685. The first-order valence-corrected chi connectivity index (χ1v) is 8.74. The Balaban J connectivity index is 1.66. The predicted octanol–water partition coefficient (Wildman–Crippen LogP) is 4.22. The highest BCUT2D eigenvalue weighted by Gasteiger charge is 2.27. The van der Waals surface area contributed by atoms with Crippen molar-refractivity contribution < 1.29 is 0 Å². The van der Waals surface area contributed by atoms with Gasteiger partial charge in [-0.3, -0.25) is 15.2 Å². The first-order valence-electron chi connectivity index (χ1n) is 8.74. The highest BCUT2D eigenvalue weighted by atomic mass is 16.1. The maximum atomic E-state index is 12.6. The molecule has 0 fully saturated rings. The van der Waals surface area contributed by atoms with Crippen LogP contribution in [0.15, 0.2) is 78.1 Å². The molecule has 4 heteroatoms. The van der Waals surface area contributed by atoms with Crippen LogP contribution in [0.5, 0.6) is 0 Å². The molecule has 0 unspecified atom stereocenters. The predicted molar refractivity (Wildman–Crippen MR) is 107 cm³/mol. The van der Waals surface area contributed by atoms with E-state index in [-0.39, 0.29) is 5.56 Å². The van der Waals surface area contributed by atoms with Crippen molar-refractivity contribution in [2.24, 2.45) is 0 Å². The fraction of sp³-hybridized carbons (Fsp3) is 0.136. The molecular formula is C22H21N3O. The number of hydrogen-bond acceptors (Lipinski definition) is 3. The van der Waals surface area contributed by atoms with Crippen LogP contribution in [0.25, 0.3) is 5.70 Å². The van der Waals surface area contributed by atoms with Crippen LogP contribution in [-0.4, -0.2) is 4.57 Å². The molecular weight excluding hydrogens is 322 g/mol. The van der Waals surface area contributed by atoms with Crippen LogP contribution in [0.2, 0.25) is 0 Å². The Kier molecular flexibility index (Phi) is 4.09. The van der Waals surface area contributed by atoms with Gasteiger partial charge in [0.25, 0.3) is 5.56 Å². The largest absolute Gasteiger partial charge is 0.312 e. The molecule has 2 heterocycles. The van der Waals surface area contributed by atoms with Crippen molar-refractivity contribution in [3.8, 4) is 0 Å². The van der Waals surface area contributed by atoms with E-state index in [2.05, 4.69) is 24.1 Å². The van der Waals surface area contributed by atoms with Gasteiger partial charge in [0, 0.05) is 23.9 Å². The fourth-order valence-corrected chi connectivity index (χ4v) is 3.48. The lowest BCUT2D eigenvalue weighted by Crippen LogP contribution is -2.23. The van der Waals surface area contributed by atoms with Crippen molar-refractivity contribution in [1.29, 1.82) is 0 Å². The second-order valence-electron chi connectivity index (χ2n) is 6.47. The second-order valence-corrected chi connectivity index (χ2v) is 6.47. The summed E-state index contributed by atoms with van der Waals surface area (Å²) < 4.78 is 1.84. The van der Waals surface area contributed by atoms with E-state index < -0.39 is 0 Å². The monoisotopic (exact) mass is 343 g/mol. The summed E-state index contributed by atoms with van der Waals surface area (Å²) in [5.74, 6) is 0. The number of para-hydroxylation sites is 1. The number of aromatic nitrogens is 1. The summed E-state index contributed by atoms with van der Waals surface area (Å²) in [6.07, 6.45) is 0.822. The van der Waals surface area contributed by atoms with E-state index in [0.29, 0.717) is 6.54 Å². The molecule has 1 aromatic heterocycles. The smallest absolute Gasteiger partial charge is 0.252 e. The summed E-state index contributed by atoms with van der Waals surface area (Å²) in [6, 6.07) is 21.9. The number of anilines is 2. The zero-order valence-corrected chi connectivity index (χ0v) is 14.8. The van der Waals surface area contributed by atoms with Crippen molar-refractivity contribution in [1.82, 2.24) is 4.57 Å². The maximum absolute atomic E-state index is 12.6. The van der Waals surface area contributed by atoms with E-state index in [0.717, 1.165) is 34.8 Å². The van der Waals surface area contributed by atoms with Gasteiger partial charge in [0.1, 0.15) is 0 Å². The molecule has 1 aliphatic heterocycles. The van der Waals surface area contributed by atoms with E-state index in [4.69, 9.17) is 0 Å². The van der Waals surface area contributed by atoms with Crippen molar-refractivity contribution in [3.63, 3.8) is 0 Å². The molecule has 2 aromatic carbocycles. The lowest BCUT2D eigenvalue weighted by Gasteiger charge is -2.19. The quantitative estimate of drug-likeness (QED) is 0.771. The van der Waals surface area contributed by atoms with Gasteiger partial charge in [-0.2, -0.15) is 0 Å². The number of hydrazine groups is 1. The van der Waals surface area contributed by atoms with Crippen LogP contribution in [0.1, 0.15) is 16.8 Å². The number of pyridine rings is 1. The van der Waals surface area contributed by atoms with E-state index in [9.17, 15) is 4.79 Å². The first-order chi connectivity index (χ1) is 12.6. The molecule has 0 atom stereocenters. The standard InChI is InChI=1S/C22H21N3O/c1-16-22-17(2)25(19-11-7-4-8-12-19)23-20(22)15-21(26)24(16)14-13-18-9-5-3-6-10-18/h3-12,15,23H,2,13-14H2,1H3. The molecule has 4 rings (SSSR count). The third-order valence-corrected chi connectivity index (χ3v) is 4.84. The third-order valence-electron chi connectivity index (χ3n) is 4.84. The molecule has 0 aliphatic carbocycles. The Bertz CT molecular complexity index is 1010. The summed E-state index contributed by atoms with van der Waals surface area (Å²) in [6.45, 7) is 6.90. The Morgan fingerprint density at radius 1 is 1.00 bits per heavy atom. The van der Waals surface area contributed by atoms with Gasteiger partial charge < -0.3 is 4.57 Å². The number of hydrogen-bond donors (Lipinski definition) is 1. The molecule has 130 valence electrons. The maximum Gasteiger partial charge on any atom is 0.252 e. The molecule has 1 N–H and O–H groups in total. The van der Waals surface area contributed by atoms with Crippen LogP contribution in [0.3, 0.4) is 0 Å². The average Bonchev–Trinajstić information content (AvgIpc) is 2.99. The normalized spacial score (nSPS) is 12.8. The highest BCUT2D eigenvalue weighted by Crippen LogP contribution is 2.37. The topological polar surface area (TPSA) is 37.3 Å². The van der Waals surface area contributed by atoms with E-state index in [1.54, 1.807) is 6.07 Å². The van der Waals surface area contributed by atoms with Crippen molar-refractivity contribution in [3.05, 3.63) is 100 Å². The Morgan fingerprint density at radius 2 is 1.65 bits per heavy atom. The molecule has 4 nitrogen and oxygen atoms in total. The number of benzene rings is 2. The van der Waals surface area contributed by atoms with Gasteiger partial charge in [0.2, 0.25) is 0 Å². The van der Waals surface area contributed by atoms with Crippen LogP contribution in [0.4, 0.5) is 11.4 Å². The number of rotatable bonds is 4. The third kappa shape index (κ3) is 2.80. The summed E-state index contributed by atoms with van der Waals surface area (Å²) in [5, 5.41) is 1.93. The molecule has 1 aliphatic rings. The van der Waals surface area contributed by atoms with Crippen LogP contribution >= 0.6 is 0 Å². The lowest BCUT2D eigenvalue weighted by atomic mass is 10.1. The van der Waals surface area contributed by atoms with Gasteiger partial charge in [-0.1, -0.05) is 55.1 Å². The van der Waals surface area contributed by atoms with Gasteiger partial charge >= 0.3 is 0 Å². The first kappa shape index (κ1) is 16.2. The summed E-state index contributed by atoms with van der Waals surface area (Å²) in [4.78, 5) is 12.6. The molecule has 0 spiro atoms. The van der Waals surface area contributed by atoms with E-state index in [1.165, 1.54) is 5.56 Å². The van der Waals surface area contributed by atoms with E-state index >= 15 is 0 Å². The minimum atomic E-state index is 0.00685. The molecule has 0 bridgehead atoms. The average molecular weight is 343 g/mol. The number of fused-ring (bicyclic) bond motifs is 1. The molecule has 0 saturated heterocycles. The molecule has 26 heavy (non-hydrogen) atoms. The molecule has 0 saturated carbocycles. The van der Waals surface area contributed by atoms with E-state index in [1.807, 2.05) is 65.0 Å². The van der Waals surface area contributed by atoms with Crippen LogP contribution in [0, 0.1) is 6.92 Å². The zero-order valence-electron chi connectivity index (χ0n) is 14.8. The fourth-order valence-electron chi connectivity index (χ4n) is 3.48. The molecule has 3 aromatic rings. The van der Waals surface area contributed by atoms with Crippen molar-refractivity contribution >= 4 is 17.1 Å². The van der Waals surface area contributed by atoms with Gasteiger partial charge in [-0.25, -0.2) is 0 Å². The number of nitrogens with one attached hydrogen (secondary N) is 1. The Morgan fingerprint density at radius 3 is 2.35 bits per heavy atom. The summed E-state index contributed by atoms with van der Waals surface area (Å²) in [5.41, 5.74) is 9.15. The Labute approximate surface area is 153 Å². The lowest BCUT2D eigenvalue weighted by molar-refractivity contribution is 0.649. The SMILES string of the molecule is C=C1c2c(cc(=O)n(CCc3ccccc3)c2C)NN1c1ccccc1. The van der Waals surface area contributed by atoms with Gasteiger partial charge in [0.05, 0.1) is 17.1 Å². The summed E-state index contributed by atoms with van der Waals surface area (Å²) >= 11 is 0. The van der Waals surface area contributed by atoms with Gasteiger partial charge in [0.15, 0.2) is 0 Å². The van der Waals surface area contributed by atoms with Crippen molar-refractivity contribution in [2.45, 2.75) is 19.9 Å². The number of nitrogens with zero attached hydrogens (tertiary/aromatic N) is 2. The van der Waals surface area contributed by atoms with Gasteiger partial charge in [-0.15, -0.1) is 0 Å². The van der Waals surface area contributed by atoms with Crippen LogP contribution in [-0.2, 0) is 13.0 Å². The minimum Gasteiger partial charge on any atom is -0.312 e. The summed E-state index contributed by atoms with van der Waals surface area (Å²) in [7, 11) is 0. The van der Waals surface area contributed by atoms with Crippen molar-refractivity contribution in [2.75, 3.05) is 10.4 Å². The molecule has 0 radical (unpaired) electrons. The van der Waals surface area contributed by atoms with Gasteiger partial charge in [-0.05, 0) is 31.0 Å². The molecule has 0 amide bonds. The highest BCUT2D eigenvalue weighted by molar-refractivity contribution is 5.92. The van der Waals surface area contributed by atoms with Crippen LogP contribution < -0.4 is 16.0 Å². The zero-order chi connectivity index (χ0) is 18.1. The Hall–Kier alpha value is -3.27. The second kappa shape index (κ2) is 6.56.